The third-order valence-corrected chi connectivity index (χ3v) is 3.83. The highest BCUT2D eigenvalue weighted by Gasteiger charge is 2.10. The fraction of sp³-hybridized carbons (Fsp3) is 0.316. The van der Waals surface area contributed by atoms with Crippen LogP contribution in [0, 0.1) is 0 Å². The van der Waals surface area contributed by atoms with Gasteiger partial charge in [0.2, 0.25) is 0 Å². The first-order valence-corrected chi connectivity index (χ1v) is 7.95. The minimum Gasteiger partial charge on any atom is -0.374 e. The van der Waals surface area contributed by atoms with E-state index in [9.17, 15) is 0 Å². The van der Waals surface area contributed by atoms with E-state index < -0.39 is 0 Å². The molecule has 0 N–H and O–H groups in total. The van der Waals surface area contributed by atoms with Crippen LogP contribution in [0.5, 0.6) is 0 Å². The van der Waals surface area contributed by atoms with Gasteiger partial charge in [-0.25, -0.2) is 0 Å². The number of rotatable bonds is 7. The zero-order chi connectivity index (χ0) is 16.1. The van der Waals surface area contributed by atoms with Gasteiger partial charge in [-0.2, -0.15) is 5.10 Å². The van der Waals surface area contributed by atoms with Crippen LogP contribution in [-0.4, -0.2) is 41.9 Å². The minimum atomic E-state index is 0.552. The van der Waals surface area contributed by atoms with Crippen molar-refractivity contribution < 1.29 is 4.74 Å². The van der Waals surface area contributed by atoms with E-state index in [4.69, 9.17) is 9.84 Å². The Morgan fingerprint density at radius 2 is 1.74 bits per heavy atom. The monoisotopic (exact) mass is 309 g/mol. The molecule has 0 aliphatic carbocycles. The maximum absolute atomic E-state index is 5.78. The quantitative estimate of drug-likeness (QED) is 0.628. The third kappa shape index (κ3) is 3.97. The summed E-state index contributed by atoms with van der Waals surface area (Å²) in [6.07, 6.45) is 0. The van der Waals surface area contributed by atoms with Crippen LogP contribution < -0.4 is 0 Å². The van der Waals surface area contributed by atoms with E-state index in [0.717, 1.165) is 24.3 Å². The first-order chi connectivity index (χ1) is 11.2. The minimum absolute atomic E-state index is 0.552. The molecule has 0 atom stereocenters. The Hall–Kier alpha value is -2.17. The summed E-state index contributed by atoms with van der Waals surface area (Å²) < 4.78 is 7.85. The van der Waals surface area contributed by atoms with E-state index in [-0.39, 0.29) is 0 Å². The first-order valence-electron chi connectivity index (χ1n) is 7.95. The molecule has 4 nitrogen and oxygen atoms in total. The SMILES string of the molecule is CN(C)CCOCc1nn(Cc2ccccc2)c2ccccc12. The Morgan fingerprint density at radius 1 is 1.00 bits per heavy atom. The Morgan fingerprint density at radius 3 is 2.52 bits per heavy atom. The van der Waals surface area contributed by atoms with Crippen molar-refractivity contribution in [2.75, 3.05) is 27.2 Å². The number of fused-ring (bicyclic) bond motifs is 1. The standard InChI is InChI=1S/C19H23N3O/c1-21(2)12-13-23-15-18-17-10-6-7-11-19(17)22(20-18)14-16-8-4-3-5-9-16/h3-11H,12-15H2,1-2H3. The molecule has 1 aromatic heterocycles. The molecule has 0 unspecified atom stereocenters. The molecule has 0 fully saturated rings. The molecule has 0 aliphatic rings. The summed E-state index contributed by atoms with van der Waals surface area (Å²) in [4.78, 5) is 2.12. The summed E-state index contributed by atoms with van der Waals surface area (Å²) in [6.45, 7) is 2.96. The molecule has 0 spiro atoms. The molecular formula is C19H23N3O. The predicted octanol–water partition coefficient (Wildman–Crippen LogP) is 3.16. The third-order valence-electron chi connectivity index (χ3n) is 3.83. The summed E-state index contributed by atoms with van der Waals surface area (Å²) in [7, 11) is 4.10. The molecule has 0 radical (unpaired) electrons. The van der Waals surface area contributed by atoms with Crippen molar-refractivity contribution in [1.29, 1.82) is 0 Å². The lowest BCUT2D eigenvalue weighted by molar-refractivity contribution is 0.103. The number of aromatic nitrogens is 2. The molecule has 3 rings (SSSR count). The Kier molecular flexibility index (Phi) is 5.05. The van der Waals surface area contributed by atoms with Gasteiger partial charge in [0, 0.05) is 11.9 Å². The fourth-order valence-corrected chi connectivity index (χ4v) is 2.60. The molecule has 3 aromatic rings. The van der Waals surface area contributed by atoms with Crippen LogP contribution >= 0.6 is 0 Å². The molecule has 0 saturated carbocycles. The van der Waals surface area contributed by atoms with Crippen molar-refractivity contribution in [3.63, 3.8) is 0 Å². The molecule has 120 valence electrons. The van der Waals surface area contributed by atoms with Gasteiger partial charge in [0.05, 0.1) is 31.0 Å². The van der Waals surface area contributed by atoms with Crippen molar-refractivity contribution in [3.05, 3.63) is 65.9 Å². The van der Waals surface area contributed by atoms with Crippen molar-refractivity contribution in [2.24, 2.45) is 0 Å². The van der Waals surface area contributed by atoms with Crippen LogP contribution in [0.2, 0.25) is 0 Å². The molecule has 0 amide bonds. The topological polar surface area (TPSA) is 30.3 Å². The smallest absolute Gasteiger partial charge is 0.0960 e. The number of ether oxygens (including phenoxy) is 1. The molecule has 0 saturated heterocycles. The van der Waals surface area contributed by atoms with Gasteiger partial charge in [-0.15, -0.1) is 0 Å². The van der Waals surface area contributed by atoms with Crippen LogP contribution in [0.25, 0.3) is 10.9 Å². The largest absolute Gasteiger partial charge is 0.374 e. The van der Waals surface area contributed by atoms with Gasteiger partial charge >= 0.3 is 0 Å². The van der Waals surface area contributed by atoms with Crippen LogP contribution in [0.15, 0.2) is 54.6 Å². The van der Waals surface area contributed by atoms with Gasteiger partial charge in [0.1, 0.15) is 0 Å². The Bertz CT molecular complexity index is 750. The van der Waals surface area contributed by atoms with E-state index in [0.29, 0.717) is 13.2 Å². The number of hydrogen-bond acceptors (Lipinski definition) is 3. The summed E-state index contributed by atoms with van der Waals surface area (Å²) in [5, 5.41) is 5.95. The molecule has 1 heterocycles. The lowest BCUT2D eigenvalue weighted by Crippen LogP contribution is -2.18. The van der Waals surface area contributed by atoms with E-state index in [1.54, 1.807) is 0 Å². The Labute approximate surface area is 137 Å². The number of hydrogen-bond donors (Lipinski definition) is 0. The van der Waals surface area contributed by atoms with Gasteiger partial charge in [-0.3, -0.25) is 4.68 Å². The number of benzene rings is 2. The van der Waals surface area contributed by atoms with Gasteiger partial charge in [-0.1, -0.05) is 48.5 Å². The zero-order valence-corrected chi connectivity index (χ0v) is 13.8. The lowest BCUT2D eigenvalue weighted by atomic mass is 10.2. The number of likely N-dealkylation sites (N-methyl/N-ethyl adjacent to an activating group) is 1. The number of nitrogens with zero attached hydrogens (tertiary/aromatic N) is 3. The Balaban J connectivity index is 1.79. The van der Waals surface area contributed by atoms with Gasteiger partial charge in [0.15, 0.2) is 0 Å². The average molecular weight is 309 g/mol. The summed E-state index contributed by atoms with van der Waals surface area (Å²) in [5.74, 6) is 0. The van der Waals surface area contributed by atoms with Crippen LogP contribution in [0.3, 0.4) is 0 Å². The highest BCUT2D eigenvalue weighted by molar-refractivity contribution is 5.81. The van der Waals surface area contributed by atoms with Crippen LogP contribution in [0.1, 0.15) is 11.3 Å². The van der Waals surface area contributed by atoms with E-state index >= 15 is 0 Å². The maximum Gasteiger partial charge on any atom is 0.0960 e. The molecule has 23 heavy (non-hydrogen) atoms. The molecule has 0 bridgehead atoms. The van der Waals surface area contributed by atoms with Crippen molar-refractivity contribution >= 4 is 10.9 Å². The summed E-state index contributed by atoms with van der Waals surface area (Å²) >= 11 is 0. The second kappa shape index (κ2) is 7.40. The van der Waals surface area contributed by atoms with Crippen molar-refractivity contribution in [3.8, 4) is 0 Å². The highest BCUT2D eigenvalue weighted by Crippen LogP contribution is 2.20. The summed E-state index contributed by atoms with van der Waals surface area (Å²) in [6, 6.07) is 18.8. The lowest BCUT2D eigenvalue weighted by Gasteiger charge is -2.08. The van der Waals surface area contributed by atoms with E-state index in [1.165, 1.54) is 10.9 Å². The molecule has 0 aliphatic heterocycles. The fourth-order valence-electron chi connectivity index (χ4n) is 2.60. The van der Waals surface area contributed by atoms with E-state index in [2.05, 4.69) is 58.1 Å². The van der Waals surface area contributed by atoms with Crippen LogP contribution in [-0.2, 0) is 17.9 Å². The van der Waals surface area contributed by atoms with E-state index in [1.807, 2.05) is 20.2 Å². The second-order valence-corrected chi connectivity index (χ2v) is 5.96. The normalized spacial score (nSPS) is 11.4. The van der Waals surface area contributed by atoms with Gasteiger partial charge in [-0.05, 0) is 25.7 Å². The molecule has 4 heteroatoms. The number of para-hydroxylation sites is 1. The van der Waals surface area contributed by atoms with Crippen LogP contribution in [0.4, 0.5) is 0 Å². The van der Waals surface area contributed by atoms with Gasteiger partial charge in [0.25, 0.3) is 0 Å². The first kappa shape index (κ1) is 15.7. The second-order valence-electron chi connectivity index (χ2n) is 5.96. The zero-order valence-electron chi connectivity index (χ0n) is 13.8. The summed E-state index contributed by atoms with van der Waals surface area (Å²) in [5.41, 5.74) is 3.42. The molecule has 2 aromatic carbocycles. The van der Waals surface area contributed by atoms with Crippen molar-refractivity contribution in [2.45, 2.75) is 13.2 Å². The average Bonchev–Trinajstić information content (AvgIpc) is 2.91. The maximum atomic E-state index is 5.78. The molecular weight excluding hydrogens is 286 g/mol. The predicted molar refractivity (Wildman–Crippen MR) is 93.5 cm³/mol. The highest BCUT2D eigenvalue weighted by atomic mass is 16.5. The van der Waals surface area contributed by atoms with Gasteiger partial charge < -0.3 is 9.64 Å². The van der Waals surface area contributed by atoms with Crippen molar-refractivity contribution in [1.82, 2.24) is 14.7 Å².